The van der Waals surface area contributed by atoms with E-state index in [1.165, 1.54) is 7.11 Å². The van der Waals surface area contributed by atoms with E-state index in [0.29, 0.717) is 17.3 Å². The van der Waals surface area contributed by atoms with Crippen molar-refractivity contribution < 1.29 is 19.5 Å². The van der Waals surface area contributed by atoms with Crippen molar-refractivity contribution in [2.45, 2.75) is 25.4 Å². The largest absolute Gasteiger partial charge is 0.497 e. The van der Waals surface area contributed by atoms with Gasteiger partial charge in [0, 0.05) is 31.3 Å². The number of hydrogen-bond donors (Lipinski definition) is 2. The minimum absolute atomic E-state index is 0.408. The summed E-state index contributed by atoms with van der Waals surface area (Å²) in [7, 11) is 2.10. The molecule has 0 saturated carbocycles. The fraction of sp³-hybridized carbons (Fsp3) is 0.571. The van der Waals surface area contributed by atoms with Gasteiger partial charge in [0.05, 0.1) is 7.11 Å². The molecule has 2 rings (SSSR count). The molecule has 1 heterocycles. The molecule has 0 bridgehead atoms. The number of ether oxygens (including phenoxy) is 2. The summed E-state index contributed by atoms with van der Waals surface area (Å²) in [5.74, 6) is 0.498. The molecular formula is C14H22BNO4. The van der Waals surface area contributed by atoms with Gasteiger partial charge in [-0.3, -0.25) is 4.90 Å². The average Bonchev–Trinajstić information content (AvgIpc) is 2.48. The van der Waals surface area contributed by atoms with E-state index in [0.717, 1.165) is 38.2 Å². The third-order valence-corrected chi connectivity index (χ3v) is 3.82. The van der Waals surface area contributed by atoms with E-state index in [1.54, 1.807) is 12.1 Å². The van der Waals surface area contributed by atoms with E-state index < -0.39 is 7.12 Å². The number of methoxy groups -OCH3 is 1. The van der Waals surface area contributed by atoms with Crippen LogP contribution in [0, 0.1) is 0 Å². The summed E-state index contributed by atoms with van der Waals surface area (Å²) in [5.41, 5.74) is 1.45. The summed E-state index contributed by atoms with van der Waals surface area (Å²) in [5, 5.41) is 18.8. The first-order valence-corrected chi connectivity index (χ1v) is 6.92. The molecular weight excluding hydrogens is 257 g/mol. The van der Waals surface area contributed by atoms with Gasteiger partial charge in [0.2, 0.25) is 0 Å². The number of rotatable bonds is 5. The zero-order valence-corrected chi connectivity index (χ0v) is 12.1. The van der Waals surface area contributed by atoms with Gasteiger partial charge in [-0.1, -0.05) is 12.1 Å². The lowest BCUT2D eigenvalue weighted by atomic mass is 9.78. The normalized spacial score (nSPS) is 16.4. The Morgan fingerprint density at radius 2 is 2.05 bits per heavy atom. The van der Waals surface area contributed by atoms with Crippen LogP contribution < -0.4 is 10.2 Å². The van der Waals surface area contributed by atoms with E-state index in [1.807, 2.05) is 6.07 Å². The zero-order valence-electron chi connectivity index (χ0n) is 12.1. The Hall–Kier alpha value is -1.08. The molecule has 110 valence electrons. The zero-order chi connectivity index (χ0) is 14.5. The van der Waals surface area contributed by atoms with Crippen LogP contribution >= 0.6 is 0 Å². The van der Waals surface area contributed by atoms with Crippen molar-refractivity contribution in [3.63, 3.8) is 0 Å². The molecule has 0 aliphatic carbocycles. The predicted octanol–water partition coefficient (Wildman–Crippen LogP) is -0.0142. The maximum Gasteiger partial charge on any atom is 0.492 e. The molecule has 20 heavy (non-hydrogen) atoms. The molecule has 0 amide bonds. The van der Waals surface area contributed by atoms with E-state index >= 15 is 0 Å². The Morgan fingerprint density at radius 3 is 2.65 bits per heavy atom. The maximum absolute atomic E-state index is 9.39. The predicted molar refractivity (Wildman–Crippen MR) is 78.1 cm³/mol. The summed E-state index contributed by atoms with van der Waals surface area (Å²) in [6.45, 7) is 2.41. The van der Waals surface area contributed by atoms with Crippen molar-refractivity contribution in [2.24, 2.45) is 0 Å². The smallest absolute Gasteiger partial charge is 0.492 e. The molecule has 1 aliphatic heterocycles. The summed E-state index contributed by atoms with van der Waals surface area (Å²) < 4.78 is 10.5. The Morgan fingerprint density at radius 1 is 1.35 bits per heavy atom. The van der Waals surface area contributed by atoms with Gasteiger partial charge < -0.3 is 19.5 Å². The van der Waals surface area contributed by atoms with Crippen LogP contribution in [-0.2, 0) is 11.3 Å². The van der Waals surface area contributed by atoms with Gasteiger partial charge >= 0.3 is 7.12 Å². The van der Waals surface area contributed by atoms with Crippen molar-refractivity contribution >= 4 is 12.6 Å². The molecule has 1 aromatic rings. The van der Waals surface area contributed by atoms with Crippen molar-refractivity contribution in [2.75, 3.05) is 27.4 Å². The van der Waals surface area contributed by atoms with Gasteiger partial charge in [-0.2, -0.15) is 0 Å². The fourth-order valence-corrected chi connectivity index (χ4v) is 2.63. The van der Waals surface area contributed by atoms with Crippen LogP contribution in [0.15, 0.2) is 18.2 Å². The Balaban J connectivity index is 2.06. The highest BCUT2D eigenvalue weighted by Crippen LogP contribution is 2.17. The van der Waals surface area contributed by atoms with Crippen LogP contribution in [0.3, 0.4) is 0 Å². The van der Waals surface area contributed by atoms with E-state index in [-0.39, 0.29) is 0 Å². The van der Waals surface area contributed by atoms with Crippen LogP contribution in [0.25, 0.3) is 0 Å². The lowest BCUT2D eigenvalue weighted by Gasteiger charge is -2.31. The second-order valence-electron chi connectivity index (χ2n) is 5.21. The third-order valence-electron chi connectivity index (χ3n) is 3.82. The summed E-state index contributed by atoms with van der Waals surface area (Å²) in [6, 6.07) is 6.05. The molecule has 0 radical (unpaired) electrons. The molecule has 1 aliphatic rings. The van der Waals surface area contributed by atoms with Crippen LogP contribution in [0.4, 0.5) is 0 Å². The van der Waals surface area contributed by atoms with Crippen LogP contribution in [0.5, 0.6) is 5.75 Å². The quantitative estimate of drug-likeness (QED) is 0.742. The van der Waals surface area contributed by atoms with Gasteiger partial charge in [-0.25, -0.2) is 0 Å². The van der Waals surface area contributed by atoms with Crippen molar-refractivity contribution in [3.8, 4) is 5.75 Å². The molecule has 1 saturated heterocycles. The molecule has 0 unspecified atom stereocenters. The van der Waals surface area contributed by atoms with Gasteiger partial charge in [0.1, 0.15) is 5.75 Å². The Kier molecular flexibility index (Phi) is 5.42. The summed E-state index contributed by atoms with van der Waals surface area (Å²) in [4.78, 5) is 2.29. The van der Waals surface area contributed by atoms with Crippen molar-refractivity contribution in [3.05, 3.63) is 23.8 Å². The molecule has 0 atom stereocenters. The van der Waals surface area contributed by atoms with Gasteiger partial charge in [0.15, 0.2) is 0 Å². The molecule has 0 spiro atoms. The molecule has 1 fully saturated rings. The van der Waals surface area contributed by atoms with E-state index in [9.17, 15) is 10.0 Å². The highest BCUT2D eigenvalue weighted by Gasteiger charge is 2.21. The maximum atomic E-state index is 9.39. The average molecular weight is 279 g/mol. The minimum atomic E-state index is -1.52. The van der Waals surface area contributed by atoms with Gasteiger partial charge in [-0.15, -0.1) is 0 Å². The first-order valence-electron chi connectivity index (χ1n) is 6.92. The lowest BCUT2D eigenvalue weighted by Crippen LogP contribution is -2.37. The van der Waals surface area contributed by atoms with E-state index in [2.05, 4.69) is 11.9 Å². The van der Waals surface area contributed by atoms with Gasteiger partial charge in [0.25, 0.3) is 0 Å². The van der Waals surface area contributed by atoms with E-state index in [4.69, 9.17) is 9.47 Å². The SMILES string of the molecule is COc1ccc(CN(C)C2CCOCC2)cc1B(O)O. The third kappa shape index (κ3) is 3.73. The molecule has 5 nitrogen and oxygen atoms in total. The van der Waals surface area contributed by atoms with Crippen molar-refractivity contribution in [1.82, 2.24) is 4.90 Å². The first-order chi connectivity index (χ1) is 9.61. The fourth-order valence-electron chi connectivity index (χ4n) is 2.63. The van der Waals surface area contributed by atoms with Crippen LogP contribution in [0.2, 0.25) is 0 Å². The van der Waals surface area contributed by atoms with Gasteiger partial charge in [-0.05, 0) is 31.5 Å². The highest BCUT2D eigenvalue weighted by atomic mass is 16.5. The molecule has 1 aromatic carbocycles. The number of hydrogen-bond acceptors (Lipinski definition) is 5. The number of nitrogens with zero attached hydrogens (tertiary/aromatic N) is 1. The molecule has 2 N–H and O–H groups in total. The second kappa shape index (κ2) is 7.08. The molecule has 0 aromatic heterocycles. The number of benzene rings is 1. The standard InChI is InChI=1S/C14H22BNO4/c1-16(12-5-7-20-8-6-12)10-11-3-4-14(19-2)13(9-11)15(17)18/h3-4,9,12,17-18H,5-8,10H2,1-2H3. The second-order valence-corrected chi connectivity index (χ2v) is 5.21. The van der Waals surface area contributed by atoms with Crippen LogP contribution in [0.1, 0.15) is 18.4 Å². The van der Waals surface area contributed by atoms with Crippen molar-refractivity contribution in [1.29, 1.82) is 0 Å². The summed E-state index contributed by atoms with van der Waals surface area (Å²) in [6.07, 6.45) is 2.09. The highest BCUT2D eigenvalue weighted by molar-refractivity contribution is 6.59. The van der Waals surface area contributed by atoms with Crippen LogP contribution in [-0.4, -0.2) is 55.5 Å². The minimum Gasteiger partial charge on any atom is -0.497 e. The Bertz CT molecular complexity index is 435. The monoisotopic (exact) mass is 279 g/mol. The molecule has 6 heteroatoms. The first kappa shape index (κ1) is 15.3. The summed E-state index contributed by atoms with van der Waals surface area (Å²) >= 11 is 0. The topological polar surface area (TPSA) is 62.2 Å². The lowest BCUT2D eigenvalue weighted by molar-refractivity contribution is 0.0407. The Labute approximate surface area is 120 Å².